The highest BCUT2D eigenvalue weighted by molar-refractivity contribution is 6.34. The monoisotopic (exact) mass is 292 g/mol. The Hall–Kier alpha value is -1.55. The van der Waals surface area contributed by atoms with E-state index in [-0.39, 0.29) is 23.8 Å². The van der Waals surface area contributed by atoms with Gasteiger partial charge >= 0.3 is 0 Å². The molecule has 5 heteroatoms. The Bertz CT molecular complexity index is 557. The van der Waals surface area contributed by atoms with Crippen LogP contribution >= 0.6 is 11.6 Å². The summed E-state index contributed by atoms with van der Waals surface area (Å²) < 4.78 is 0. The normalized spacial score (nSPS) is 22.2. The summed E-state index contributed by atoms with van der Waals surface area (Å²) in [4.78, 5) is 27.9. The molecule has 1 aliphatic heterocycles. The molecule has 1 aliphatic carbocycles. The standard InChI is InChI=1S/C15H17ClN2O2/c1-17(14(19)10-6-7-10)13-8-9-18(15(13)20)12-5-3-2-4-11(12)16/h2-5,10,13H,6-9H2,1H3. The van der Waals surface area contributed by atoms with Gasteiger partial charge in [0.2, 0.25) is 11.8 Å². The van der Waals surface area contributed by atoms with Gasteiger partial charge in [-0.1, -0.05) is 23.7 Å². The second-order valence-electron chi connectivity index (χ2n) is 5.47. The third kappa shape index (κ3) is 2.29. The van der Waals surface area contributed by atoms with Gasteiger partial charge in [0.15, 0.2) is 0 Å². The minimum absolute atomic E-state index is 0.0328. The number of para-hydroxylation sites is 1. The lowest BCUT2D eigenvalue weighted by Crippen LogP contribution is -2.43. The first-order valence-electron chi connectivity index (χ1n) is 6.92. The molecule has 1 saturated heterocycles. The van der Waals surface area contributed by atoms with Crippen LogP contribution in [0.4, 0.5) is 5.69 Å². The first-order chi connectivity index (χ1) is 9.59. The summed E-state index contributed by atoms with van der Waals surface area (Å²) in [5.74, 6) is 0.209. The molecule has 0 aromatic heterocycles. The van der Waals surface area contributed by atoms with Gasteiger partial charge in [-0.05, 0) is 31.4 Å². The van der Waals surface area contributed by atoms with Crippen molar-refractivity contribution < 1.29 is 9.59 Å². The number of benzene rings is 1. The van der Waals surface area contributed by atoms with Crippen molar-refractivity contribution in [3.8, 4) is 0 Å². The van der Waals surface area contributed by atoms with E-state index in [1.165, 1.54) is 0 Å². The number of amides is 2. The Balaban J connectivity index is 1.77. The Morgan fingerprint density at radius 3 is 2.65 bits per heavy atom. The largest absolute Gasteiger partial charge is 0.333 e. The Kier molecular flexibility index (Phi) is 3.42. The number of rotatable bonds is 3. The fourth-order valence-corrected chi connectivity index (χ4v) is 2.94. The van der Waals surface area contributed by atoms with E-state index in [9.17, 15) is 9.59 Å². The molecular weight excluding hydrogens is 276 g/mol. The lowest BCUT2D eigenvalue weighted by atomic mass is 10.2. The Morgan fingerprint density at radius 1 is 1.30 bits per heavy atom. The van der Waals surface area contributed by atoms with Crippen LogP contribution in [0, 0.1) is 5.92 Å². The molecule has 20 heavy (non-hydrogen) atoms. The predicted molar refractivity (Wildman–Crippen MR) is 77.7 cm³/mol. The molecule has 2 amide bonds. The highest BCUT2D eigenvalue weighted by Gasteiger charge is 2.41. The first kappa shape index (κ1) is 13.4. The number of likely N-dealkylation sites (N-methyl/N-ethyl adjacent to an activating group) is 1. The molecule has 4 nitrogen and oxygen atoms in total. The molecule has 0 bridgehead atoms. The van der Waals surface area contributed by atoms with Gasteiger partial charge in [0.1, 0.15) is 6.04 Å². The average molecular weight is 293 g/mol. The molecule has 1 aromatic carbocycles. The molecule has 0 N–H and O–H groups in total. The van der Waals surface area contributed by atoms with Gasteiger partial charge in [0, 0.05) is 19.5 Å². The summed E-state index contributed by atoms with van der Waals surface area (Å²) in [6.07, 6.45) is 2.58. The van der Waals surface area contributed by atoms with Crippen LogP contribution in [0.5, 0.6) is 0 Å². The second kappa shape index (κ2) is 5.09. The number of hydrogen-bond donors (Lipinski definition) is 0. The minimum atomic E-state index is -0.348. The number of halogens is 1. The zero-order chi connectivity index (χ0) is 14.3. The molecule has 106 valence electrons. The molecule has 2 aliphatic rings. The highest BCUT2D eigenvalue weighted by Crippen LogP contribution is 2.34. The van der Waals surface area contributed by atoms with Crippen molar-refractivity contribution in [2.75, 3.05) is 18.5 Å². The van der Waals surface area contributed by atoms with Crippen LogP contribution in [-0.2, 0) is 9.59 Å². The lowest BCUT2D eigenvalue weighted by Gasteiger charge is -2.24. The molecule has 1 unspecified atom stereocenters. The average Bonchev–Trinajstić information content (AvgIpc) is 3.22. The SMILES string of the molecule is CN(C(=O)C1CC1)C1CCN(c2ccccc2Cl)C1=O. The van der Waals surface area contributed by atoms with E-state index in [1.807, 2.05) is 18.2 Å². The molecule has 1 aromatic rings. The zero-order valence-electron chi connectivity index (χ0n) is 11.4. The summed E-state index contributed by atoms with van der Waals surface area (Å²) in [5.41, 5.74) is 0.730. The van der Waals surface area contributed by atoms with E-state index in [4.69, 9.17) is 11.6 Å². The smallest absolute Gasteiger partial charge is 0.249 e. The maximum Gasteiger partial charge on any atom is 0.249 e. The maximum absolute atomic E-state index is 12.5. The van der Waals surface area contributed by atoms with E-state index in [1.54, 1.807) is 22.9 Å². The van der Waals surface area contributed by atoms with E-state index in [0.29, 0.717) is 18.0 Å². The number of carbonyl (C=O) groups is 2. The number of hydrogen-bond acceptors (Lipinski definition) is 2. The van der Waals surface area contributed by atoms with Crippen molar-refractivity contribution in [1.82, 2.24) is 4.90 Å². The molecule has 1 atom stereocenters. The van der Waals surface area contributed by atoms with Gasteiger partial charge in [-0.15, -0.1) is 0 Å². The summed E-state index contributed by atoms with van der Waals surface area (Å²) in [6, 6.07) is 6.97. The first-order valence-corrected chi connectivity index (χ1v) is 7.30. The topological polar surface area (TPSA) is 40.6 Å². The summed E-state index contributed by atoms with van der Waals surface area (Å²) in [5, 5.41) is 0.567. The fraction of sp³-hybridized carbons (Fsp3) is 0.467. The van der Waals surface area contributed by atoms with Gasteiger partial charge in [-0.3, -0.25) is 9.59 Å². The fourth-order valence-electron chi connectivity index (χ4n) is 2.71. The number of nitrogens with zero attached hydrogens (tertiary/aromatic N) is 2. The van der Waals surface area contributed by atoms with Crippen LogP contribution in [0.2, 0.25) is 5.02 Å². The minimum Gasteiger partial charge on any atom is -0.333 e. The van der Waals surface area contributed by atoms with Crippen LogP contribution in [0.3, 0.4) is 0 Å². The third-order valence-electron chi connectivity index (χ3n) is 4.06. The molecule has 1 heterocycles. The van der Waals surface area contributed by atoms with Crippen molar-refractivity contribution in [3.05, 3.63) is 29.3 Å². The van der Waals surface area contributed by atoms with Gasteiger partial charge in [0.05, 0.1) is 10.7 Å². The molecule has 0 spiro atoms. The van der Waals surface area contributed by atoms with Crippen LogP contribution in [0.1, 0.15) is 19.3 Å². The molecule has 3 rings (SSSR count). The maximum atomic E-state index is 12.5. The van der Waals surface area contributed by atoms with Gasteiger partial charge in [-0.2, -0.15) is 0 Å². The molecule has 0 radical (unpaired) electrons. The van der Waals surface area contributed by atoms with Crippen LogP contribution in [-0.4, -0.2) is 36.3 Å². The Morgan fingerprint density at radius 2 is 2.00 bits per heavy atom. The molecule has 2 fully saturated rings. The van der Waals surface area contributed by atoms with E-state index in [2.05, 4.69) is 0 Å². The van der Waals surface area contributed by atoms with Crippen molar-refractivity contribution in [2.45, 2.75) is 25.3 Å². The van der Waals surface area contributed by atoms with Crippen molar-refractivity contribution in [3.63, 3.8) is 0 Å². The quantitative estimate of drug-likeness (QED) is 0.858. The zero-order valence-corrected chi connectivity index (χ0v) is 12.1. The highest BCUT2D eigenvalue weighted by atomic mass is 35.5. The number of anilines is 1. The second-order valence-corrected chi connectivity index (χ2v) is 5.88. The van der Waals surface area contributed by atoms with Crippen LogP contribution < -0.4 is 4.90 Å². The lowest BCUT2D eigenvalue weighted by molar-refractivity contribution is -0.137. The molecular formula is C15H17ClN2O2. The summed E-state index contributed by atoms with van der Waals surface area (Å²) in [6.45, 7) is 0.607. The number of carbonyl (C=O) groups excluding carboxylic acids is 2. The van der Waals surface area contributed by atoms with Gasteiger partial charge in [-0.25, -0.2) is 0 Å². The summed E-state index contributed by atoms with van der Waals surface area (Å²) in [7, 11) is 1.74. The van der Waals surface area contributed by atoms with E-state index in [0.717, 1.165) is 18.5 Å². The van der Waals surface area contributed by atoms with Crippen LogP contribution in [0.15, 0.2) is 24.3 Å². The van der Waals surface area contributed by atoms with Gasteiger partial charge < -0.3 is 9.80 Å². The van der Waals surface area contributed by atoms with Crippen molar-refractivity contribution >= 4 is 29.1 Å². The van der Waals surface area contributed by atoms with Gasteiger partial charge in [0.25, 0.3) is 0 Å². The van der Waals surface area contributed by atoms with Crippen molar-refractivity contribution in [1.29, 1.82) is 0 Å². The molecule has 1 saturated carbocycles. The third-order valence-corrected chi connectivity index (χ3v) is 4.38. The van der Waals surface area contributed by atoms with Crippen LogP contribution in [0.25, 0.3) is 0 Å². The summed E-state index contributed by atoms with van der Waals surface area (Å²) >= 11 is 6.15. The van der Waals surface area contributed by atoms with E-state index < -0.39 is 0 Å². The predicted octanol–water partition coefficient (Wildman–Crippen LogP) is 2.31. The van der Waals surface area contributed by atoms with E-state index >= 15 is 0 Å². The Labute approximate surface area is 123 Å². The van der Waals surface area contributed by atoms with Crippen molar-refractivity contribution in [2.24, 2.45) is 5.92 Å².